The zero-order valence-electron chi connectivity index (χ0n) is 27.4. The van der Waals surface area contributed by atoms with Crippen LogP contribution in [0.25, 0.3) is 0 Å². The first kappa shape index (κ1) is 35.0. The van der Waals surface area contributed by atoms with Crippen molar-refractivity contribution in [2.75, 3.05) is 20.6 Å². The number of benzene rings is 1. The Morgan fingerprint density at radius 1 is 1.10 bits per heavy atom. The standard InChI is InChI=1S/C33H52N4O5/c1-20(2)25(19-22(4)29(39)37-17-13-16-24(37)31(41)42)36(11)30(40)27(32(5,6)7)35-28(38)26(34-10)33(8,9)23-15-12-14-21(3)18-23/h12,14-15,18-20,24-27,34H,13,16-17H2,1-11H3,(H,35,38)(H,41,42)/b22-19+/t24-,25+,26+,27+/m0/s1. The van der Waals surface area contributed by atoms with E-state index in [2.05, 4.69) is 16.7 Å². The predicted octanol–water partition coefficient (Wildman–Crippen LogP) is 3.90. The van der Waals surface area contributed by atoms with Crippen molar-refractivity contribution in [2.24, 2.45) is 11.3 Å². The van der Waals surface area contributed by atoms with Gasteiger partial charge in [0.25, 0.3) is 0 Å². The zero-order chi connectivity index (χ0) is 32.2. The molecule has 0 aliphatic carbocycles. The van der Waals surface area contributed by atoms with Crippen LogP contribution in [0.2, 0.25) is 0 Å². The zero-order valence-corrected chi connectivity index (χ0v) is 27.4. The summed E-state index contributed by atoms with van der Waals surface area (Å²) in [7, 11) is 3.44. The Bertz CT molecular complexity index is 1180. The van der Waals surface area contributed by atoms with Crippen molar-refractivity contribution in [3.05, 3.63) is 47.0 Å². The molecule has 42 heavy (non-hydrogen) atoms. The van der Waals surface area contributed by atoms with Crippen molar-refractivity contribution in [2.45, 2.75) is 105 Å². The summed E-state index contributed by atoms with van der Waals surface area (Å²) in [6.45, 7) is 17.8. The lowest BCUT2D eigenvalue weighted by Crippen LogP contribution is -2.61. The van der Waals surface area contributed by atoms with Gasteiger partial charge in [-0.2, -0.15) is 0 Å². The number of likely N-dealkylation sites (N-methyl/N-ethyl adjacent to an activating group) is 2. The van der Waals surface area contributed by atoms with Crippen molar-refractivity contribution in [3.63, 3.8) is 0 Å². The number of amides is 3. The largest absolute Gasteiger partial charge is 0.480 e. The second kappa shape index (κ2) is 13.8. The average molecular weight is 585 g/mol. The minimum atomic E-state index is -1.00. The summed E-state index contributed by atoms with van der Waals surface area (Å²) in [4.78, 5) is 55.8. The summed E-state index contributed by atoms with van der Waals surface area (Å²) in [5, 5.41) is 15.8. The predicted molar refractivity (Wildman–Crippen MR) is 166 cm³/mol. The fraction of sp³-hybridized carbons (Fsp3) is 0.636. The number of likely N-dealkylation sites (tertiary alicyclic amines) is 1. The lowest BCUT2D eigenvalue weighted by atomic mass is 9.76. The van der Waals surface area contributed by atoms with Gasteiger partial charge in [0.05, 0.1) is 12.1 Å². The lowest BCUT2D eigenvalue weighted by Gasteiger charge is -2.40. The van der Waals surface area contributed by atoms with Crippen molar-refractivity contribution in [1.29, 1.82) is 0 Å². The third kappa shape index (κ3) is 8.00. The van der Waals surface area contributed by atoms with E-state index in [4.69, 9.17) is 0 Å². The Kier molecular flexibility index (Phi) is 11.5. The molecule has 234 valence electrons. The van der Waals surface area contributed by atoms with Crippen molar-refractivity contribution in [1.82, 2.24) is 20.4 Å². The second-order valence-corrected chi connectivity index (χ2v) is 13.6. The number of hydrogen-bond donors (Lipinski definition) is 3. The maximum Gasteiger partial charge on any atom is 0.326 e. The van der Waals surface area contributed by atoms with Gasteiger partial charge in [-0.15, -0.1) is 0 Å². The highest BCUT2D eigenvalue weighted by Gasteiger charge is 2.42. The second-order valence-electron chi connectivity index (χ2n) is 13.6. The smallest absolute Gasteiger partial charge is 0.326 e. The summed E-state index contributed by atoms with van der Waals surface area (Å²) in [5.41, 5.74) is 1.35. The van der Waals surface area contributed by atoms with Gasteiger partial charge in [0.15, 0.2) is 0 Å². The van der Waals surface area contributed by atoms with Crippen molar-refractivity contribution >= 4 is 23.7 Å². The Labute approximate surface area is 252 Å². The van der Waals surface area contributed by atoms with E-state index in [1.54, 1.807) is 32.0 Å². The normalized spacial score (nSPS) is 18.4. The van der Waals surface area contributed by atoms with E-state index in [1.165, 1.54) is 4.90 Å². The van der Waals surface area contributed by atoms with Gasteiger partial charge in [0, 0.05) is 24.6 Å². The van der Waals surface area contributed by atoms with Crippen LogP contribution in [0.15, 0.2) is 35.9 Å². The third-order valence-corrected chi connectivity index (χ3v) is 8.47. The Balaban J connectivity index is 2.35. The fourth-order valence-corrected chi connectivity index (χ4v) is 5.83. The molecule has 0 bridgehead atoms. The van der Waals surface area contributed by atoms with Crippen LogP contribution in [0.5, 0.6) is 0 Å². The molecule has 3 N–H and O–H groups in total. The summed E-state index contributed by atoms with van der Waals surface area (Å²) in [5.74, 6) is -1.92. The van der Waals surface area contributed by atoms with Crippen molar-refractivity contribution < 1.29 is 24.3 Å². The molecular formula is C33H52N4O5. The molecule has 2 rings (SSSR count). The highest BCUT2D eigenvalue weighted by Crippen LogP contribution is 2.30. The molecular weight excluding hydrogens is 532 g/mol. The molecule has 0 unspecified atom stereocenters. The van der Waals surface area contributed by atoms with Gasteiger partial charge in [-0.3, -0.25) is 14.4 Å². The minimum absolute atomic E-state index is 0.0443. The number of nitrogens with one attached hydrogen (secondary N) is 2. The monoisotopic (exact) mass is 584 g/mol. The van der Waals surface area contributed by atoms with Crippen LogP contribution in [0.3, 0.4) is 0 Å². The minimum Gasteiger partial charge on any atom is -0.480 e. The topological polar surface area (TPSA) is 119 Å². The molecule has 1 aromatic rings. The van der Waals surface area contributed by atoms with Crippen LogP contribution in [0.4, 0.5) is 0 Å². The molecule has 9 nitrogen and oxygen atoms in total. The van der Waals surface area contributed by atoms with E-state index >= 15 is 0 Å². The summed E-state index contributed by atoms with van der Waals surface area (Å²) in [6, 6.07) is 5.36. The molecule has 1 fully saturated rings. The molecule has 9 heteroatoms. The third-order valence-electron chi connectivity index (χ3n) is 8.47. The molecule has 0 aromatic heterocycles. The van der Waals surface area contributed by atoms with Crippen LogP contribution in [0, 0.1) is 18.3 Å². The number of carboxylic acids is 1. The maximum atomic E-state index is 14.1. The molecule has 1 saturated heterocycles. The molecule has 1 aliphatic rings. The van der Waals surface area contributed by atoms with Gasteiger partial charge in [0.2, 0.25) is 17.7 Å². The van der Waals surface area contributed by atoms with Gasteiger partial charge >= 0.3 is 5.97 Å². The lowest BCUT2D eigenvalue weighted by molar-refractivity contribution is -0.146. The molecule has 0 spiro atoms. The van der Waals surface area contributed by atoms with E-state index in [9.17, 15) is 24.3 Å². The van der Waals surface area contributed by atoms with E-state index in [0.29, 0.717) is 25.0 Å². The first-order valence-electron chi connectivity index (χ1n) is 14.9. The first-order chi connectivity index (χ1) is 19.3. The highest BCUT2D eigenvalue weighted by molar-refractivity contribution is 5.96. The van der Waals surface area contributed by atoms with Crippen LogP contribution in [-0.4, -0.2) is 83.4 Å². The molecule has 1 heterocycles. The number of nitrogens with zero attached hydrogens (tertiary/aromatic N) is 2. The number of hydrogen-bond acceptors (Lipinski definition) is 5. The van der Waals surface area contributed by atoms with Gasteiger partial charge in [0.1, 0.15) is 12.1 Å². The van der Waals surface area contributed by atoms with E-state index in [1.807, 2.05) is 73.6 Å². The van der Waals surface area contributed by atoms with E-state index in [-0.39, 0.29) is 23.6 Å². The molecule has 1 aromatic carbocycles. The summed E-state index contributed by atoms with van der Waals surface area (Å²) >= 11 is 0. The van der Waals surface area contributed by atoms with Crippen LogP contribution < -0.4 is 10.6 Å². The van der Waals surface area contributed by atoms with E-state index < -0.39 is 41.0 Å². The Morgan fingerprint density at radius 3 is 2.21 bits per heavy atom. The molecule has 3 amide bonds. The van der Waals surface area contributed by atoms with Gasteiger partial charge < -0.3 is 25.5 Å². The summed E-state index contributed by atoms with van der Waals surface area (Å²) in [6.07, 6.45) is 2.83. The molecule has 0 radical (unpaired) electrons. The van der Waals surface area contributed by atoms with Crippen LogP contribution in [-0.2, 0) is 24.6 Å². The average Bonchev–Trinajstić information content (AvgIpc) is 3.39. The summed E-state index contributed by atoms with van der Waals surface area (Å²) < 4.78 is 0. The molecule has 0 saturated carbocycles. The number of carboxylic acid groups (broad SMARTS) is 1. The quantitative estimate of drug-likeness (QED) is 0.340. The number of aryl methyl sites for hydroxylation is 1. The SMILES string of the molecule is CN[C@H](C(=O)N[C@H](C(=O)N(C)[C@H](/C=C(\C)C(=O)N1CCC[C@H]1C(=O)O)C(C)C)C(C)(C)C)C(C)(C)c1cccc(C)c1. The number of carbonyl (C=O) groups excluding carboxylic acids is 3. The van der Waals surface area contributed by atoms with Gasteiger partial charge in [-0.25, -0.2) is 4.79 Å². The van der Waals surface area contributed by atoms with E-state index in [0.717, 1.165) is 11.1 Å². The number of carbonyl (C=O) groups is 4. The number of aliphatic carboxylic acids is 1. The number of rotatable bonds is 11. The highest BCUT2D eigenvalue weighted by atomic mass is 16.4. The molecule has 1 aliphatic heterocycles. The first-order valence-corrected chi connectivity index (χ1v) is 14.9. The maximum absolute atomic E-state index is 14.1. The van der Waals surface area contributed by atoms with Crippen LogP contribution >= 0.6 is 0 Å². The molecule has 4 atom stereocenters. The van der Waals surface area contributed by atoms with Gasteiger partial charge in [-0.1, -0.05) is 84.4 Å². The van der Waals surface area contributed by atoms with Crippen molar-refractivity contribution in [3.8, 4) is 0 Å². The van der Waals surface area contributed by atoms with Gasteiger partial charge in [-0.05, 0) is 50.6 Å². The Hall–Kier alpha value is -3.20. The Morgan fingerprint density at radius 2 is 1.71 bits per heavy atom. The fourth-order valence-electron chi connectivity index (χ4n) is 5.83. The van der Waals surface area contributed by atoms with Crippen LogP contribution in [0.1, 0.15) is 79.4 Å².